The van der Waals surface area contributed by atoms with E-state index in [2.05, 4.69) is 79.0 Å². The number of para-hydroxylation sites is 2. The number of aryl methyl sites for hydroxylation is 2. The van der Waals surface area contributed by atoms with E-state index >= 15 is 0 Å². The maximum atomic E-state index is 7.77. The van der Waals surface area contributed by atoms with Crippen LogP contribution in [0.2, 0.25) is 0 Å². The number of benzene rings is 4. The van der Waals surface area contributed by atoms with Gasteiger partial charge in [0.2, 0.25) is 0 Å². The van der Waals surface area contributed by atoms with Gasteiger partial charge in [0.05, 0.1) is 16.9 Å². The number of fused-ring (bicyclic) bond motifs is 2. The minimum absolute atomic E-state index is 0. The monoisotopic (exact) mass is 804 g/mol. The second kappa shape index (κ2) is 14.7. The first-order chi connectivity index (χ1) is 24.2. The minimum Gasteiger partial charge on any atom is -0.360 e. The first kappa shape index (κ1) is 26.2. The van der Waals surface area contributed by atoms with Gasteiger partial charge < -0.3 is 9.55 Å². The Morgan fingerprint density at radius 1 is 0.826 bits per heavy atom. The molecule has 235 valence electrons. The van der Waals surface area contributed by atoms with Gasteiger partial charge in [0, 0.05) is 41.1 Å². The van der Waals surface area contributed by atoms with Crippen LogP contribution >= 0.6 is 11.3 Å². The molecule has 0 amide bonds. The molecule has 3 nitrogen and oxygen atoms in total. The number of pyridine rings is 1. The molecule has 1 radical (unpaired) electrons. The van der Waals surface area contributed by atoms with Crippen LogP contribution in [0.15, 0.2) is 103 Å². The Kier molecular flexibility index (Phi) is 8.37. The Bertz CT molecular complexity index is 2250. The van der Waals surface area contributed by atoms with Gasteiger partial charge in [-0.05, 0) is 65.6 Å². The molecular weight excluding hydrogens is 759 g/mol. The summed E-state index contributed by atoms with van der Waals surface area (Å²) in [4.78, 5) is 9.17. The van der Waals surface area contributed by atoms with Crippen LogP contribution in [0.3, 0.4) is 0 Å². The van der Waals surface area contributed by atoms with E-state index in [1.807, 2.05) is 36.4 Å². The van der Waals surface area contributed by atoms with Crippen LogP contribution in [-0.2, 0) is 26.7 Å². The zero-order valence-electron chi connectivity index (χ0n) is 32.3. The van der Waals surface area contributed by atoms with Crippen molar-refractivity contribution >= 4 is 32.5 Å². The summed E-state index contributed by atoms with van der Waals surface area (Å²) in [6.07, 6.45) is 1.39. The summed E-state index contributed by atoms with van der Waals surface area (Å²) in [5, 5.41) is 4.43. The minimum atomic E-state index is -2.13. The van der Waals surface area contributed by atoms with Gasteiger partial charge in [-0.25, -0.2) is 0 Å². The first-order valence-electron chi connectivity index (χ1n) is 18.2. The molecular formula is C41H39IrN3S-2. The molecule has 0 unspecified atom stereocenters. The average Bonchev–Trinajstić information content (AvgIpc) is 3.69. The van der Waals surface area contributed by atoms with Crippen LogP contribution in [-0.4, -0.2) is 14.5 Å². The van der Waals surface area contributed by atoms with Crippen molar-refractivity contribution in [3.05, 3.63) is 143 Å². The number of rotatable bonds is 6. The summed E-state index contributed by atoms with van der Waals surface area (Å²) >= 11 is 1.45. The molecule has 0 aliphatic carbocycles. The maximum absolute atomic E-state index is 7.77. The van der Waals surface area contributed by atoms with E-state index in [-0.39, 0.29) is 25.7 Å². The number of thiophene rings is 1. The fourth-order valence-electron chi connectivity index (χ4n) is 5.72. The molecule has 0 bridgehead atoms. The van der Waals surface area contributed by atoms with Gasteiger partial charge in [0.1, 0.15) is 0 Å². The van der Waals surface area contributed by atoms with Crippen molar-refractivity contribution in [1.29, 1.82) is 0 Å². The van der Waals surface area contributed by atoms with E-state index in [0.717, 1.165) is 50.3 Å². The van der Waals surface area contributed by atoms with Crippen molar-refractivity contribution in [2.45, 2.75) is 59.8 Å². The van der Waals surface area contributed by atoms with E-state index in [9.17, 15) is 0 Å². The van der Waals surface area contributed by atoms with Gasteiger partial charge in [-0.15, -0.1) is 47.3 Å². The van der Waals surface area contributed by atoms with Gasteiger partial charge >= 0.3 is 0 Å². The molecule has 5 heteroatoms. The molecule has 0 atom stereocenters. The molecule has 4 aromatic carbocycles. The normalized spacial score (nSPS) is 13.6. The molecule has 7 aromatic rings. The second-order valence-corrected chi connectivity index (χ2v) is 12.6. The van der Waals surface area contributed by atoms with Crippen molar-refractivity contribution in [1.82, 2.24) is 14.5 Å². The number of nitrogens with zero attached hydrogens (tertiary/aromatic N) is 3. The predicted octanol–water partition coefficient (Wildman–Crippen LogP) is 11.2. The van der Waals surface area contributed by atoms with E-state index in [0.29, 0.717) is 17.4 Å². The van der Waals surface area contributed by atoms with Crippen molar-refractivity contribution in [3.8, 4) is 22.6 Å². The fourth-order valence-corrected chi connectivity index (χ4v) is 6.60. The molecule has 0 saturated heterocycles. The largest absolute Gasteiger partial charge is 0.360 e. The Morgan fingerprint density at radius 2 is 1.57 bits per heavy atom. The summed E-state index contributed by atoms with van der Waals surface area (Å²) < 4.78 is 48.2. The maximum Gasteiger partial charge on any atom is 0.0770 e. The van der Waals surface area contributed by atoms with Crippen molar-refractivity contribution in [2.75, 3.05) is 0 Å². The van der Waals surface area contributed by atoms with Crippen LogP contribution in [0.4, 0.5) is 0 Å². The van der Waals surface area contributed by atoms with Crippen LogP contribution in [0.5, 0.6) is 0 Å². The van der Waals surface area contributed by atoms with Crippen molar-refractivity contribution < 1.29 is 28.3 Å². The van der Waals surface area contributed by atoms with Crippen molar-refractivity contribution in [2.24, 2.45) is 0 Å². The van der Waals surface area contributed by atoms with Gasteiger partial charge in [0.25, 0.3) is 0 Å². The molecule has 0 saturated carbocycles. The Balaban J connectivity index is 0.000000258. The van der Waals surface area contributed by atoms with Gasteiger partial charge in [0.15, 0.2) is 0 Å². The standard InChI is InChI=1S/C29H29N2S.C12H10N.Ir/c1-18(2)21-9-8-10-22(19(3)4)24(21)16-31-27-12-7-6-11-26(27)30-29(31)25-17-32-28-15-20(5)13-14-23(25)28;1-10-7-8-12(13-9-10)11-5-3-2-4-6-11;/h6-15,18-19H,16H2,1-5H3;2-5,7-9H,1H3;/q2*-1;/i5D3;1D3;. The van der Waals surface area contributed by atoms with Crippen LogP contribution in [0.25, 0.3) is 43.8 Å². The molecule has 0 spiro atoms. The topological polar surface area (TPSA) is 30.7 Å². The van der Waals surface area contributed by atoms with Gasteiger partial charge in [-0.2, -0.15) is 0 Å². The van der Waals surface area contributed by atoms with Crippen molar-refractivity contribution in [3.63, 3.8) is 0 Å². The summed E-state index contributed by atoms with van der Waals surface area (Å²) in [5.41, 5.74) is 9.23. The predicted molar refractivity (Wildman–Crippen MR) is 191 cm³/mol. The zero-order valence-corrected chi connectivity index (χ0v) is 29.5. The van der Waals surface area contributed by atoms with Crippen LogP contribution in [0, 0.1) is 25.2 Å². The summed E-state index contributed by atoms with van der Waals surface area (Å²) in [7, 11) is 0. The molecule has 0 N–H and O–H groups in total. The zero-order chi connectivity index (χ0) is 36.5. The first-order valence-corrected chi connectivity index (χ1v) is 16.0. The molecule has 46 heavy (non-hydrogen) atoms. The Labute approximate surface area is 299 Å². The quantitative estimate of drug-likeness (QED) is 0.157. The molecule has 0 fully saturated rings. The third-order valence-corrected chi connectivity index (χ3v) is 8.81. The van der Waals surface area contributed by atoms with Crippen LogP contribution < -0.4 is 0 Å². The molecule has 0 aliphatic heterocycles. The molecule has 3 aromatic heterocycles. The van der Waals surface area contributed by atoms with E-state index < -0.39 is 13.7 Å². The summed E-state index contributed by atoms with van der Waals surface area (Å²) in [5.74, 6) is 1.69. The number of hydrogen-bond acceptors (Lipinski definition) is 3. The summed E-state index contributed by atoms with van der Waals surface area (Å²) in [6.45, 7) is 5.50. The van der Waals surface area contributed by atoms with Gasteiger partial charge in [-0.1, -0.05) is 103 Å². The number of imidazole rings is 1. The Morgan fingerprint density at radius 3 is 2.24 bits per heavy atom. The molecule has 7 rings (SSSR count). The fraction of sp³-hybridized carbons (Fsp3) is 0.220. The second-order valence-electron chi connectivity index (χ2n) is 11.7. The third kappa shape index (κ3) is 7.08. The SMILES string of the molecule is [2H]C([2H])([2H])c1ccc(-c2[c-]cccc2)nc1.[2H]C([2H])([2H])c1ccc2c(-c3nc4ccccc4n3Cc3c(C(C)C)cccc3C(C)C)[c-]sc2c1.[Ir]. The van der Waals surface area contributed by atoms with E-state index in [4.69, 9.17) is 13.2 Å². The van der Waals surface area contributed by atoms with Crippen LogP contribution in [0.1, 0.15) is 75.6 Å². The third-order valence-electron chi connectivity index (χ3n) is 7.95. The summed E-state index contributed by atoms with van der Waals surface area (Å²) in [6, 6.07) is 34.1. The smallest absolute Gasteiger partial charge is 0.0770 e. The van der Waals surface area contributed by atoms with E-state index in [1.54, 1.807) is 30.3 Å². The molecule has 3 heterocycles. The average molecular weight is 804 g/mol. The van der Waals surface area contributed by atoms with E-state index in [1.165, 1.54) is 34.2 Å². The Hall–Kier alpha value is -3.89. The van der Waals surface area contributed by atoms with Gasteiger partial charge in [-0.3, -0.25) is 16.3 Å². The molecule has 0 aliphatic rings. The number of hydrogen-bond donors (Lipinski definition) is 0. The number of aromatic nitrogens is 3.